The van der Waals surface area contributed by atoms with Crippen LogP contribution in [0.4, 0.5) is 0 Å². The van der Waals surface area contributed by atoms with Gasteiger partial charge in [0.15, 0.2) is 5.17 Å². The molecule has 86 valence electrons. The van der Waals surface area contributed by atoms with Gasteiger partial charge in [0.2, 0.25) is 0 Å². The highest BCUT2D eigenvalue weighted by Crippen LogP contribution is 2.48. The minimum atomic E-state index is 0.519. The van der Waals surface area contributed by atoms with Crippen molar-refractivity contribution in [2.75, 3.05) is 26.8 Å². The van der Waals surface area contributed by atoms with Crippen LogP contribution in [0.5, 0.6) is 0 Å². The maximum Gasteiger partial charge on any atom is 0.156 e. The molecule has 0 amide bonds. The Balaban J connectivity index is 1.69. The Labute approximate surface area is 96.1 Å². The van der Waals surface area contributed by atoms with Crippen LogP contribution in [0.25, 0.3) is 0 Å². The molecule has 1 heterocycles. The lowest BCUT2D eigenvalue weighted by molar-refractivity contribution is 0.173. The number of nitrogens with zero attached hydrogens (tertiary/aromatic N) is 1. The summed E-state index contributed by atoms with van der Waals surface area (Å²) in [6, 6.07) is 0. The fraction of sp³-hybridized carbons (Fsp3) is 0.909. The molecular weight excluding hydrogens is 208 g/mol. The molecule has 3 nitrogen and oxygen atoms in total. The Morgan fingerprint density at radius 1 is 1.60 bits per heavy atom. The SMILES string of the molecule is COCCC1(CNC2=NCC(C)S2)CC1. The first-order valence-electron chi connectivity index (χ1n) is 5.68. The van der Waals surface area contributed by atoms with Crippen LogP contribution < -0.4 is 5.32 Å². The molecule has 1 atom stereocenters. The highest BCUT2D eigenvalue weighted by Gasteiger charge is 2.42. The zero-order chi connectivity index (χ0) is 10.7. The smallest absolute Gasteiger partial charge is 0.156 e. The van der Waals surface area contributed by atoms with Gasteiger partial charge in [-0.3, -0.25) is 4.99 Å². The number of amidine groups is 1. The van der Waals surface area contributed by atoms with Gasteiger partial charge < -0.3 is 10.1 Å². The second-order valence-electron chi connectivity index (χ2n) is 4.67. The molecular formula is C11H20N2OS. The molecule has 1 aliphatic carbocycles. The van der Waals surface area contributed by atoms with E-state index in [1.165, 1.54) is 19.3 Å². The number of nitrogens with one attached hydrogen (secondary N) is 1. The highest BCUT2D eigenvalue weighted by molar-refractivity contribution is 8.14. The van der Waals surface area contributed by atoms with E-state index in [2.05, 4.69) is 17.2 Å². The van der Waals surface area contributed by atoms with Crippen molar-refractivity contribution in [3.8, 4) is 0 Å². The van der Waals surface area contributed by atoms with Gasteiger partial charge in [0, 0.05) is 25.5 Å². The first-order valence-corrected chi connectivity index (χ1v) is 6.56. The summed E-state index contributed by atoms with van der Waals surface area (Å²) in [4.78, 5) is 4.47. The number of hydrogen-bond donors (Lipinski definition) is 1. The van der Waals surface area contributed by atoms with Gasteiger partial charge in [-0.1, -0.05) is 18.7 Å². The van der Waals surface area contributed by atoms with Gasteiger partial charge in [0.05, 0.1) is 6.54 Å². The summed E-state index contributed by atoms with van der Waals surface area (Å²) in [6.07, 6.45) is 3.87. The largest absolute Gasteiger partial charge is 0.385 e. The van der Waals surface area contributed by atoms with Crippen LogP contribution in [0, 0.1) is 5.41 Å². The molecule has 0 radical (unpaired) electrons. The van der Waals surface area contributed by atoms with Crippen molar-refractivity contribution in [2.45, 2.75) is 31.4 Å². The van der Waals surface area contributed by atoms with Gasteiger partial charge >= 0.3 is 0 Å². The van der Waals surface area contributed by atoms with E-state index in [-0.39, 0.29) is 0 Å². The van der Waals surface area contributed by atoms with E-state index in [1.807, 2.05) is 11.8 Å². The van der Waals surface area contributed by atoms with Gasteiger partial charge in [-0.15, -0.1) is 0 Å². The Morgan fingerprint density at radius 3 is 2.93 bits per heavy atom. The molecule has 1 unspecified atom stereocenters. The van der Waals surface area contributed by atoms with Gasteiger partial charge in [0.1, 0.15) is 0 Å². The van der Waals surface area contributed by atoms with Crippen LogP contribution in [-0.2, 0) is 4.74 Å². The van der Waals surface area contributed by atoms with E-state index in [9.17, 15) is 0 Å². The molecule has 4 heteroatoms. The molecule has 1 fully saturated rings. The highest BCUT2D eigenvalue weighted by atomic mass is 32.2. The monoisotopic (exact) mass is 228 g/mol. The topological polar surface area (TPSA) is 33.6 Å². The summed E-state index contributed by atoms with van der Waals surface area (Å²) in [5.74, 6) is 0. The van der Waals surface area contributed by atoms with Gasteiger partial charge in [-0.05, 0) is 24.7 Å². The van der Waals surface area contributed by atoms with Crippen molar-refractivity contribution >= 4 is 16.9 Å². The molecule has 0 aromatic rings. The number of rotatable bonds is 5. The molecule has 1 saturated carbocycles. The summed E-state index contributed by atoms with van der Waals surface area (Å²) in [6.45, 7) is 5.16. The maximum absolute atomic E-state index is 5.14. The third kappa shape index (κ3) is 3.11. The van der Waals surface area contributed by atoms with Crippen LogP contribution in [0.1, 0.15) is 26.2 Å². The normalized spacial score (nSPS) is 27.6. The standard InChI is InChI=1S/C11H20N2OS/c1-9-7-12-10(15-9)13-8-11(3-4-11)5-6-14-2/h9H,3-8H2,1-2H3,(H,12,13). The Morgan fingerprint density at radius 2 is 2.40 bits per heavy atom. The summed E-state index contributed by atoms with van der Waals surface area (Å²) >= 11 is 1.87. The number of methoxy groups -OCH3 is 1. The van der Waals surface area contributed by atoms with E-state index in [4.69, 9.17) is 4.74 Å². The first kappa shape index (κ1) is 11.3. The van der Waals surface area contributed by atoms with Crippen LogP contribution in [0.3, 0.4) is 0 Å². The lowest BCUT2D eigenvalue weighted by Crippen LogP contribution is -2.28. The predicted molar refractivity (Wildman–Crippen MR) is 65.5 cm³/mol. The Kier molecular flexibility index (Phi) is 3.57. The number of ether oxygens (including phenoxy) is 1. The third-order valence-corrected chi connectivity index (χ3v) is 4.26. The van der Waals surface area contributed by atoms with Crippen LogP contribution >= 0.6 is 11.8 Å². The molecule has 0 aromatic heterocycles. The minimum absolute atomic E-state index is 0.519. The average molecular weight is 228 g/mol. The van der Waals surface area contributed by atoms with E-state index in [1.54, 1.807) is 7.11 Å². The molecule has 15 heavy (non-hydrogen) atoms. The van der Waals surface area contributed by atoms with Crippen molar-refractivity contribution < 1.29 is 4.74 Å². The van der Waals surface area contributed by atoms with Crippen LogP contribution in [0.2, 0.25) is 0 Å². The minimum Gasteiger partial charge on any atom is -0.385 e. The second kappa shape index (κ2) is 4.74. The first-order chi connectivity index (χ1) is 7.24. The molecule has 2 rings (SSSR count). The maximum atomic E-state index is 5.14. The van der Waals surface area contributed by atoms with Crippen LogP contribution in [0.15, 0.2) is 4.99 Å². The lowest BCUT2D eigenvalue weighted by Gasteiger charge is -2.15. The number of thioether (sulfide) groups is 1. The van der Waals surface area contributed by atoms with Gasteiger partial charge in [-0.2, -0.15) is 0 Å². The summed E-state index contributed by atoms with van der Waals surface area (Å²) in [5.41, 5.74) is 0.519. The van der Waals surface area contributed by atoms with Crippen molar-refractivity contribution in [2.24, 2.45) is 10.4 Å². The second-order valence-corrected chi connectivity index (χ2v) is 6.10. The molecule has 1 aliphatic heterocycles. The summed E-state index contributed by atoms with van der Waals surface area (Å²) < 4.78 is 5.14. The fourth-order valence-corrected chi connectivity index (χ4v) is 2.68. The van der Waals surface area contributed by atoms with Crippen molar-refractivity contribution in [1.82, 2.24) is 5.32 Å². The quantitative estimate of drug-likeness (QED) is 0.780. The zero-order valence-electron chi connectivity index (χ0n) is 9.58. The van der Waals surface area contributed by atoms with Crippen molar-refractivity contribution in [1.29, 1.82) is 0 Å². The van der Waals surface area contributed by atoms with Crippen molar-refractivity contribution in [3.63, 3.8) is 0 Å². The predicted octanol–water partition coefficient (Wildman–Crippen LogP) is 1.88. The lowest BCUT2D eigenvalue weighted by atomic mass is 10.0. The van der Waals surface area contributed by atoms with Gasteiger partial charge in [-0.25, -0.2) is 0 Å². The molecule has 2 aliphatic rings. The Bertz CT molecular complexity index is 251. The molecule has 0 saturated heterocycles. The fourth-order valence-electron chi connectivity index (χ4n) is 1.85. The van der Waals surface area contributed by atoms with Crippen molar-refractivity contribution in [3.05, 3.63) is 0 Å². The molecule has 0 bridgehead atoms. The van der Waals surface area contributed by atoms with E-state index < -0.39 is 0 Å². The Hall–Kier alpha value is -0.220. The van der Waals surface area contributed by atoms with E-state index in [0.29, 0.717) is 10.7 Å². The summed E-state index contributed by atoms with van der Waals surface area (Å²) in [7, 11) is 1.78. The molecule has 0 spiro atoms. The number of hydrogen-bond acceptors (Lipinski definition) is 4. The van der Waals surface area contributed by atoms with Crippen LogP contribution in [-0.4, -0.2) is 37.2 Å². The van der Waals surface area contributed by atoms with E-state index in [0.717, 1.165) is 24.9 Å². The number of aliphatic imine (C=N–C) groups is 1. The zero-order valence-corrected chi connectivity index (χ0v) is 10.4. The van der Waals surface area contributed by atoms with Gasteiger partial charge in [0.25, 0.3) is 0 Å². The third-order valence-electron chi connectivity index (χ3n) is 3.21. The molecule has 1 N–H and O–H groups in total. The van der Waals surface area contributed by atoms with E-state index >= 15 is 0 Å². The molecule has 0 aromatic carbocycles. The average Bonchev–Trinajstić information content (AvgIpc) is 2.89. The summed E-state index contributed by atoms with van der Waals surface area (Å²) in [5, 5.41) is 5.28.